The summed E-state index contributed by atoms with van der Waals surface area (Å²) in [4.78, 5) is 4.25. The summed E-state index contributed by atoms with van der Waals surface area (Å²) in [6.45, 7) is 1.92. The van der Waals surface area contributed by atoms with Crippen LogP contribution in [0, 0.1) is 6.92 Å². The highest BCUT2D eigenvalue weighted by atomic mass is 16.3. The van der Waals surface area contributed by atoms with Gasteiger partial charge >= 0.3 is 0 Å². The molecule has 3 heteroatoms. The summed E-state index contributed by atoms with van der Waals surface area (Å²) in [5, 5.41) is 9.36. The van der Waals surface area contributed by atoms with E-state index in [9.17, 15) is 5.11 Å². The third-order valence-corrected chi connectivity index (χ3v) is 3.41. The van der Waals surface area contributed by atoms with E-state index in [1.165, 1.54) is 11.1 Å². The summed E-state index contributed by atoms with van der Waals surface area (Å²) in [5.41, 5.74) is 4.19. The normalized spacial score (nSPS) is 10.7. The van der Waals surface area contributed by atoms with E-state index >= 15 is 0 Å². The number of benzene rings is 2. The second-order valence-electron chi connectivity index (χ2n) is 4.70. The van der Waals surface area contributed by atoms with Crippen molar-refractivity contribution in [2.24, 2.45) is 0 Å². The minimum atomic E-state index is -0.0126. The smallest absolute Gasteiger partial charge is 0.110 e. The molecule has 20 heavy (non-hydrogen) atoms. The molecule has 3 aromatic rings. The Morgan fingerprint density at radius 3 is 2.25 bits per heavy atom. The first-order valence-electron chi connectivity index (χ1n) is 6.59. The summed E-state index contributed by atoms with van der Waals surface area (Å²) in [6.07, 6.45) is 1.71. The van der Waals surface area contributed by atoms with Gasteiger partial charge in [0.05, 0.1) is 18.5 Å². The summed E-state index contributed by atoms with van der Waals surface area (Å²) >= 11 is 0. The molecule has 0 saturated carbocycles. The number of imidazole rings is 1. The van der Waals surface area contributed by atoms with Crippen LogP contribution in [0.3, 0.4) is 0 Å². The quantitative estimate of drug-likeness (QED) is 0.788. The molecule has 0 aliphatic rings. The van der Waals surface area contributed by atoms with Gasteiger partial charge in [0, 0.05) is 5.69 Å². The number of nitrogens with zero attached hydrogens (tertiary/aromatic N) is 2. The van der Waals surface area contributed by atoms with Gasteiger partial charge in [0.15, 0.2) is 0 Å². The Hall–Kier alpha value is -2.39. The number of hydrogen-bond donors (Lipinski definition) is 1. The van der Waals surface area contributed by atoms with Crippen molar-refractivity contribution < 1.29 is 5.11 Å². The van der Waals surface area contributed by atoms with Crippen molar-refractivity contribution >= 4 is 0 Å². The Balaban J connectivity index is 2.00. The number of aromatic nitrogens is 2. The van der Waals surface area contributed by atoms with Crippen molar-refractivity contribution in [3.63, 3.8) is 0 Å². The molecule has 1 heterocycles. The van der Waals surface area contributed by atoms with Gasteiger partial charge in [0.25, 0.3) is 0 Å². The molecule has 3 nitrogen and oxygen atoms in total. The van der Waals surface area contributed by atoms with Crippen LogP contribution in [0.5, 0.6) is 0 Å². The zero-order valence-electron chi connectivity index (χ0n) is 11.3. The van der Waals surface area contributed by atoms with Crippen LogP contribution in [0.25, 0.3) is 16.8 Å². The lowest BCUT2D eigenvalue weighted by Gasteiger charge is -2.10. The number of aliphatic hydroxyl groups excluding tert-OH is 1. The molecule has 0 aliphatic carbocycles. The van der Waals surface area contributed by atoms with E-state index < -0.39 is 0 Å². The van der Waals surface area contributed by atoms with Crippen LogP contribution in [-0.2, 0) is 6.61 Å². The van der Waals surface area contributed by atoms with Gasteiger partial charge in [-0.2, -0.15) is 0 Å². The van der Waals surface area contributed by atoms with Crippen LogP contribution >= 0.6 is 0 Å². The van der Waals surface area contributed by atoms with Crippen LogP contribution in [0.2, 0.25) is 0 Å². The fourth-order valence-corrected chi connectivity index (χ4v) is 2.39. The van der Waals surface area contributed by atoms with Crippen LogP contribution in [-0.4, -0.2) is 14.7 Å². The molecule has 0 saturated heterocycles. The second-order valence-corrected chi connectivity index (χ2v) is 4.70. The number of rotatable bonds is 3. The zero-order chi connectivity index (χ0) is 13.9. The maximum absolute atomic E-state index is 9.36. The molecular formula is C17H16N2O. The number of aliphatic hydroxyl groups is 1. The monoisotopic (exact) mass is 264 g/mol. The first-order valence-corrected chi connectivity index (χ1v) is 6.59. The molecule has 0 unspecified atom stereocenters. The van der Waals surface area contributed by atoms with Crippen molar-refractivity contribution in [3.05, 3.63) is 72.3 Å². The predicted octanol–water partition coefficient (Wildman–Crippen LogP) is 3.34. The standard InChI is InChI=1S/C17H16N2O/c1-13-18-11-17(12-20)19(13)16-9-7-15(8-10-16)14-5-3-2-4-6-14/h2-11,20H,12H2,1H3. The zero-order valence-corrected chi connectivity index (χ0v) is 11.3. The minimum Gasteiger partial charge on any atom is -0.390 e. The predicted molar refractivity (Wildman–Crippen MR) is 79.7 cm³/mol. The number of hydrogen-bond acceptors (Lipinski definition) is 2. The summed E-state index contributed by atoms with van der Waals surface area (Å²) in [5.74, 6) is 0.876. The fraction of sp³-hybridized carbons (Fsp3) is 0.118. The van der Waals surface area contributed by atoms with Crippen LogP contribution in [0.1, 0.15) is 11.5 Å². The van der Waals surface area contributed by atoms with Crippen molar-refractivity contribution in [1.29, 1.82) is 0 Å². The Morgan fingerprint density at radius 1 is 0.950 bits per heavy atom. The average Bonchev–Trinajstić information content (AvgIpc) is 2.89. The Bertz CT molecular complexity index is 700. The highest BCUT2D eigenvalue weighted by molar-refractivity contribution is 5.64. The second kappa shape index (κ2) is 5.31. The van der Waals surface area contributed by atoms with E-state index in [0.29, 0.717) is 0 Å². The maximum atomic E-state index is 9.36. The SMILES string of the molecule is Cc1ncc(CO)n1-c1ccc(-c2ccccc2)cc1. The van der Waals surface area contributed by atoms with Gasteiger partial charge < -0.3 is 5.11 Å². The highest BCUT2D eigenvalue weighted by Gasteiger charge is 2.07. The molecule has 0 fully saturated rings. The van der Waals surface area contributed by atoms with Crippen molar-refractivity contribution in [3.8, 4) is 16.8 Å². The average molecular weight is 264 g/mol. The molecule has 0 amide bonds. The first kappa shape index (κ1) is 12.6. The minimum absolute atomic E-state index is 0.0126. The Kier molecular flexibility index (Phi) is 3.35. The molecule has 2 aromatic carbocycles. The molecule has 1 N–H and O–H groups in total. The van der Waals surface area contributed by atoms with E-state index in [0.717, 1.165) is 17.2 Å². The highest BCUT2D eigenvalue weighted by Crippen LogP contribution is 2.22. The lowest BCUT2D eigenvalue weighted by atomic mass is 10.1. The summed E-state index contributed by atoms with van der Waals surface area (Å²) in [7, 11) is 0. The van der Waals surface area contributed by atoms with Crippen molar-refractivity contribution in [2.75, 3.05) is 0 Å². The summed E-state index contributed by atoms with van der Waals surface area (Å²) in [6, 6.07) is 18.6. The van der Waals surface area contributed by atoms with Gasteiger partial charge in [-0.05, 0) is 30.2 Å². The number of aryl methyl sites for hydroxylation is 1. The largest absolute Gasteiger partial charge is 0.390 e. The molecule has 0 atom stereocenters. The molecule has 1 aromatic heterocycles. The van der Waals surface area contributed by atoms with Crippen molar-refractivity contribution in [2.45, 2.75) is 13.5 Å². The molecule has 0 radical (unpaired) electrons. The molecule has 0 aliphatic heterocycles. The molecule has 100 valence electrons. The fourth-order valence-electron chi connectivity index (χ4n) is 2.39. The van der Waals surface area contributed by atoms with Gasteiger partial charge in [-0.3, -0.25) is 4.57 Å². The third-order valence-electron chi connectivity index (χ3n) is 3.41. The van der Waals surface area contributed by atoms with E-state index in [1.54, 1.807) is 6.20 Å². The van der Waals surface area contributed by atoms with Crippen LogP contribution in [0.15, 0.2) is 60.8 Å². The molecule has 3 rings (SSSR count). The van der Waals surface area contributed by atoms with Crippen LogP contribution < -0.4 is 0 Å². The molecule has 0 bridgehead atoms. The maximum Gasteiger partial charge on any atom is 0.110 e. The van der Waals surface area contributed by atoms with Gasteiger partial charge in [0.2, 0.25) is 0 Å². The molecular weight excluding hydrogens is 248 g/mol. The van der Waals surface area contributed by atoms with Gasteiger partial charge in [-0.1, -0.05) is 42.5 Å². The lowest BCUT2D eigenvalue weighted by molar-refractivity contribution is 0.274. The first-order chi connectivity index (χ1) is 9.79. The van der Waals surface area contributed by atoms with Crippen molar-refractivity contribution in [1.82, 2.24) is 9.55 Å². The van der Waals surface area contributed by atoms with E-state index in [2.05, 4.69) is 41.4 Å². The van der Waals surface area contributed by atoms with Crippen LogP contribution in [0.4, 0.5) is 0 Å². The molecule has 0 spiro atoms. The van der Waals surface area contributed by atoms with E-state index in [-0.39, 0.29) is 6.61 Å². The third kappa shape index (κ3) is 2.24. The Morgan fingerprint density at radius 2 is 1.60 bits per heavy atom. The van der Waals surface area contributed by atoms with Gasteiger partial charge in [-0.25, -0.2) is 4.98 Å². The topological polar surface area (TPSA) is 38.1 Å². The van der Waals surface area contributed by atoms with Gasteiger partial charge in [-0.15, -0.1) is 0 Å². The van der Waals surface area contributed by atoms with Gasteiger partial charge in [0.1, 0.15) is 5.82 Å². The van der Waals surface area contributed by atoms with E-state index in [1.807, 2.05) is 29.7 Å². The lowest BCUT2D eigenvalue weighted by Crippen LogP contribution is -2.02. The summed E-state index contributed by atoms with van der Waals surface area (Å²) < 4.78 is 1.97. The van der Waals surface area contributed by atoms with E-state index in [4.69, 9.17) is 0 Å². The Labute approximate surface area is 118 Å².